The Kier molecular flexibility index (Phi) is 3.29. The summed E-state index contributed by atoms with van der Waals surface area (Å²) >= 11 is 0. The van der Waals surface area contributed by atoms with Crippen LogP contribution in [0.4, 0.5) is 0 Å². The Hall–Kier alpha value is -0.870. The molecule has 1 heterocycles. The van der Waals surface area contributed by atoms with Crippen molar-refractivity contribution in [1.29, 1.82) is 0 Å². The number of nitrogens with zero attached hydrogens (tertiary/aromatic N) is 2. The number of hydrogen-bond acceptors (Lipinski definition) is 3. The van der Waals surface area contributed by atoms with Gasteiger partial charge in [0.25, 0.3) is 0 Å². The van der Waals surface area contributed by atoms with Gasteiger partial charge >= 0.3 is 0 Å². The first-order valence-corrected chi connectivity index (χ1v) is 4.85. The Morgan fingerprint density at radius 1 is 1.64 bits per heavy atom. The van der Waals surface area contributed by atoms with Crippen molar-refractivity contribution in [3.8, 4) is 0 Å². The zero-order valence-electron chi connectivity index (χ0n) is 9.32. The van der Waals surface area contributed by atoms with Crippen LogP contribution in [0.5, 0.6) is 0 Å². The maximum absolute atomic E-state index is 5.81. The van der Waals surface area contributed by atoms with Crippen molar-refractivity contribution in [2.45, 2.75) is 32.5 Å². The fourth-order valence-electron chi connectivity index (χ4n) is 1.45. The lowest BCUT2D eigenvalue weighted by Crippen LogP contribution is -2.36. The predicted molar refractivity (Wildman–Crippen MR) is 55.8 cm³/mol. The van der Waals surface area contributed by atoms with Gasteiger partial charge in [-0.1, -0.05) is 0 Å². The van der Waals surface area contributed by atoms with Crippen molar-refractivity contribution in [2.75, 3.05) is 6.54 Å². The van der Waals surface area contributed by atoms with E-state index in [1.165, 1.54) is 0 Å². The van der Waals surface area contributed by atoms with Gasteiger partial charge in [0, 0.05) is 25.4 Å². The van der Waals surface area contributed by atoms with Crippen LogP contribution in [0.25, 0.3) is 0 Å². The first kappa shape index (κ1) is 11.2. The molecule has 14 heavy (non-hydrogen) atoms. The van der Waals surface area contributed by atoms with Gasteiger partial charge in [-0.15, -0.1) is 0 Å². The van der Waals surface area contributed by atoms with Crippen molar-refractivity contribution < 1.29 is 4.74 Å². The third-order valence-corrected chi connectivity index (χ3v) is 2.20. The predicted octanol–water partition coefficient (Wildman–Crippen LogP) is 1.02. The number of nitrogens with two attached hydrogens (primary N) is 1. The fourth-order valence-corrected chi connectivity index (χ4v) is 1.45. The van der Waals surface area contributed by atoms with Crippen molar-refractivity contribution >= 4 is 0 Å². The van der Waals surface area contributed by atoms with Crippen LogP contribution in [0.1, 0.15) is 26.3 Å². The van der Waals surface area contributed by atoms with E-state index in [-0.39, 0.29) is 6.10 Å². The molecule has 0 saturated carbocycles. The lowest BCUT2D eigenvalue weighted by atomic mass is 9.99. The molecule has 0 saturated heterocycles. The molecule has 1 aromatic heterocycles. The molecule has 0 bridgehead atoms. The third kappa shape index (κ3) is 2.33. The van der Waals surface area contributed by atoms with Gasteiger partial charge in [0.05, 0.1) is 12.3 Å². The third-order valence-electron chi connectivity index (χ3n) is 2.20. The monoisotopic (exact) mass is 197 g/mol. The van der Waals surface area contributed by atoms with Crippen LogP contribution in [0.2, 0.25) is 0 Å². The zero-order valence-corrected chi connectivity index (χ0v) is 9.32. The molecule has 0 aromatic carbocycles. The molecular formula is C10H19N3O. The van der Waals surface area contributed by atoms with Gasteiger partial charge in [0.15, 0.2) is 0 Å². The van der Waals surface area contributed by atoms with E-state index in [0.717, 1.165) is 5.56 Å². The standard InChI is InChI=1S/C10H19N3O/c1-8(2)14-10(3,7-11)9-5-12-13(4)6-9/h5-6,8H,7,11H2,1-4H3. The molecular weight excluding hydrogens is 178 g/mol. The number of ether oxygens (including phenoxy) is 1. The lowest BCUT2D eigenvalue weighted by molar-refractivity contribution is -0.0665. The lowest BCUT2D eigenvalue weighted by Gasteiger charge is -2.29. The first-order chi connectivity index (χ1) is 6.48. The van der Waals surface area contributed by atoms with Crippen LogP contribution in [-0.4, -0.2) is 22.4 Å². The maximum Gasteiger partial charge on any atom is 0.106 e. The average Bonchev–Trinajstić information content (AvgIpc) is 2.51. The smallest absolute Gasteiger partial charge is 0.106 e. The fraction of sp³-hybridized carbons (Fsp3) is 0.700. The summed E-state index contributed by atoms with van der Waals surface area (Å²) < 4.78 is 7.56. The first-order valence-electron chi connectivity index (χ1n) is 4.85. The highest BCUT2D eigenvalue weighted by Gasteiger charge is 2.28. The van der Waals surface area contributed by atoms with Crippen molar-refractivity contribution in [1.82, 2.24) is 9.78 Å². The molecule has 4 heteroatoms. The van der Waals surface area contributed by atoms with Crippen LogP contribution in [0.15, 0.2) is 12.4 Å². The summed E-state index contributed by atoms with van der Waals surface area (Å²) in [6, 6.07) is 0. The minimum Gasteiger partial charge on any atom is -0.366 e. The van der Waals surface area contributed by atoms with Gasteiger partial charge in [0.2, 0.25) is 0 Å². The second-order valence-corrected chi connectivity index (χ2v) is 4.00. The van der Waals surface area contributed by atoms with E-state index in [0.29, 0.717) is 6.54 Å². The highest BCUT2D eigenvalue weighted by atomic mass is 16.5. The Labute approximate surface area is 85.0 Å². The van der Waals surface area contributed by atoms with Gasteiger partial charge in [-0.3, -0.25) is 4.68 Å². The molecule has 0 aliphatic carbocycles. The summed E-state index contributed by atoms with van der Waals surface area (Å²) in [5, 5.41) is 4.12. The van der Waals surface area contributed by atoms with Gasteiger partial charge in [-0.2, -0.15) is 5.10 Å². The van der Waals surface area contributed by atoms with Crippen molar-refractivity contribution in [2.24, 2.45) is 12.8 Å². The molecule has 80 valence electrons. The number of aryl methyl sites for hydroxylation is 1. The Morgan fingerprint density at radius 2 is 2.29 bits per heavy atom. The van der Waals surface area contributed by atoms with E-state index in [2.05, 4.69) is 5.10 Å². The summed E-state index contributed by atoms with van der Waals surface area (Å²) in [4.78, 5) is 0. The Morgan fingerprint density at radius 3 is 2.64 bits per heavy atom. The van der Waals surface area contributed by atoms with E-state index in [1.54, 1.807) is 10.9 Å². The molecule has 0 amide bonds. The molecule has 0 aliphatic rings. The van der Waals surface area contributed by atoms with Crippen LogP contribution < -0.4 is 5.73 Å². The van der Waals surface area contributed by atoms with Crippen LogP contribution in [0.3, 0.4) is 0 Å². The molecule has 0 radical (unpaired) electrons. The van der Waals surface area contributed by atoms with E-state index >= 15 is 0 Å². The molecule has 1 unspecified atom stereocenters. The minimum absolute atomic E-state index is 0.156. The maximum atomic E-state index is 5.81. The molecule has 0 spiro atoms. The minimum atomic E-state index is -0.428. The SMILES string of the molecule is CC(C)OC(C)(CN)c1cnn(C)c1. The Balaban J connectivity index is 2.89. The molecule has 0 aliphatic heterocycles. The van der Waals surface area contributed by atoms with Crippen LogP contribution in [-0.2, 0) is 17.4 Å². The molecule has 1 aromatic rings. The second-order valence-electron chi connectivity index (χ2n) is 4.00. The Bertz CT molecular complexity index is 295. The van der Waals surface area contributed by atoms with Crippen molar-refractivity contribution in [3.63, 3.8) is 0 Å². The number of rotatable bonds is 4. The van der Waals surface area contributed by atoms with Gasteiger partial charge in [0.1, 0.15) is 5.60 Å². The molecule has 1 atom stereocenters. The van der Waals surface area contributed by atoms with Gasteiger partial charge < -0.3 is 10.5 Å². The second kappa shape index (κ2) is 4.11. The van der Waals surface area contributed by atoms with Crippen LogP contribution >= 0.6 is 0 Å². The summed E-state index contributed by atoms with van der Waals surface area (Å²) in [5.41, 5.74) is 6.33. The van der Waals surface area contributed by atoms with Gasteiger partial charge in [-0.05, 0) is 20.8 Å². The summed E-state index contributed by atoms with van der Waals surface area (Å²) in [7, 11) is 1.88. The van der Waals surface area contributed by atoms with Crippen molar-refractivity contribution in [3.05, 3.63) is 18.0 Å². The van der Waals surface area contributed by atoms with E-state index in [1.807, 2.05) is 34.0 Å². The number of aromatic nitrogens is 2. The highest BCUT2D eigenvalue weighted by molar-refractivity contribution is 5.15. The largest absolute Gasteiger partial charge is 0.366 e. The molecule has 4 nitrogen and oxygen atoms in total. The molecule has 2 N–H and O–H groups in total. The highest BCUT2D eigenvalue weighted by Crippen LogP contribution is 2.24. The summed E-state index contributed by atoms with van der Waals surface area (Å²) in [6.07, 6.45) is 3.90. The topological polar surface area (TPSA) is 53.1 Å². The quantitative estimate of drug-likeness (QED) is 0.784. The molecule has 0 fully saturated rings. The van der Waals surface area contributed by atoms with Crippen LogP contribution in [0, 0.1) is 0 Å². The average molecular weight is 197 g/mol. The van der Waals surface area contributed by atoms with E-state index < -0.39 is 5.60 Å². The molecule has 1 rings (SSSR count). The summed E-state index contributed by atoms with van der Waals surface area (Å²) in [6.45, 7) is 6.45. The summed E-state index contributed by atoms with van der Waals surface area (Å²) in [5.74, 6) is 0. The van der Waals surface area contributed by atoms with E-state index in [4.69, 9.17) is 10.5 Å². The zero-order chi connectivity index (χ0) is 10.8. The normalized spacial score (nSPS) is 15.9. The van der Waals surface area contributed by atoms with Gasteiger partial charge in [-0.25, -0.2) is 0 Å². The number of hydrogen-bond donors (Lipinski definition) is 1. The van der Waals surface area contributed by atoms with E-state index in [9.17, 15) is 0 Å².